The van der Waals surface area contributed by atoms with Gasteiger partial charge in [0.05, 0.1) is 17.8 Å². The molecule has 2 heterocycles. The summed E-state index contributed by atoms with van der Waals surface area (Å²) in [6.45, 7) is 4.91. The van der Waals surface area contributed by atoms with Crippen LogP contribution >= 0.6 is 0 Å². The summed E-state index contributed by atoms with van der Waals surface area (Å²) < 4.78 is 7.08. The molecule has 0 aliphatic heterocycles. The number of ether oxygens (including phenoxy) is 1. The number of hydrogen-bond acceptors (Lipinski definition) is 2. The third-order valence-electron chi connectivity index (χ3n) is 2.45. The predicted molar refractivity (Wildman–Crippen MR) is 60.0 cm³/mol. The van der Waals surface area contributed by atoms with E-state index in [0.717, 1.165) is 11.2 Å². The molecule has 2 aromatic heterocycles. The largest absolute Gasteiger partial charge is 0.378 e. The zero-order valence-electron chi connectivity index (χ0n) is 9.40. The van der Waals surface area contributed by atoms with Crippen LogP contribution in [0.5, 0.6) is 0 Å². The van der Waals surface area contributed by atoms with Crippen molar-refractivity contribution in [1.82, 2.24) is 9.61 Å². The molecule has 0 N–H and O–H groups in total. The number of pyridine rings is 1. The molecule has 0 aromatic carbocycles. The van der Waals surface area contributed by atoms with Crippen LogP contribution in [-0.2, 0) is 11.3 Å². The average Bonchev–Trinajstić information content (AvgIpc) is 2.59. The van der Waals surface area contributed by atoms with Crippen LogP contribution in [0.2, 0.25) is 0 Å². The van der Waals surface area contributed by atoms with Crippen LogP contribution in [0.1, 0.15) is 31.2 Å². The SMILES string of the molecule is COCc1cc2cccc(C(C)C)n2n1. The highest BCUT2D eigenvalue weighted by atomic mass is 16.5. The fourth-order valence-electron chi connectivity index (χ4n) is 1.74. The Morgan fingerprint density at radius 1 is 1.40 bits per heavy atom. The number of aromatic nitrogens is 2. The molecule has 3 heteroatoms. The van der Waals surface area contributed by atoms with E-state index in [1.165, 1.54) is 5.69 Å². The Labute approximate surface area is 89.7 Å². The minimum atomic E-state index is 0.476. The quantitative estimate of drug-likeness (QED) is 0.768. The molecule has 0 aliphatic rings. The molecule has 80 valence electrons. The smallest absolute Gasteiger partial charge is 0.0903 e. The maximum absolute atomic E-state index is 5.08. The lowest BCUT2D eigenvalue weighted by Gasteiger charge is -2.07. The standard InChI is InChI=1S/C12H16N2O/c1-9(2)12-6-4-5-11-7-10(8-15-3)13-14(11)12/h4-7,9H,8H2,1-3H3. The molecule has 15 heavy (non-hydrogen) atoms. The Hall–Kier alpha value is -1.35. The Morgan fingerprint density at radius 3 is 2.87 bits per heavy atom. The molecule has 0 fully saturated rings. The van der Waals surface area contributed by atoms with Crippen LogP contribution in [0.15, 0.2) is 24.3 Å². The van der Waals surface area contributed by atoms with Crippen molar-refractivity contribution in [3.05, 3.63) is 35.7 Å². The third-order valence-corrected chi connectivity index (χ3v) is 2.45. The van der Waals surface area contributed by atoms with Gasteiger partial charge in [-0.25, -0.2) is 4.52 Å². The second kappa shape index (κ2) is 4.03. The van der Waals surface area contributed by atoms with Gasteiger partial charge >= 0.3 is 0 Å². The number of hydrogen-bond donors (Lipinski definition) is 0. The van der Waals surface area contributed by atoms with Crippen molar-refractivity contribution in [3.63, 3.8) is 0 Å². The highest BCUT2D eigenvalue weighted by Crippen LogP contribution is 2.17. The summed E-state index contributed by atoms with van der Waals surface area (Å²) in [7, 11) is 1.69. The number of fused-ring (bicyclic) bond motifs is 1. The van der Waals surface area contributed by atoms with E-state index in [-0.39, 0.29) is 0 Å². The summed E-state index contributed by atoms with van der Waals surface area (Å²) in [4.78, 5) is 0. The van der Waals surface area contributed by atoms with Gasteiger partial charge in [-0.2, -0.15) is 5.10 Å². The van der Waals surface area contributed by atoms with Crippen molar-refractivity contribution >= 4 is 5.52 Å². The lowest BCUT2D eigenvalue weighted by atomic mass is 10.1. The van der Waals surface area contributed by atoms with Gasteiger partial charge in [-0.3, -0.25) is 0 Å². The van der Waals surface area contributed by atoms with E-state index < -0.39 is 0 Å². The second-order valence-electron chi connectivity index (χ2n) is 4.01. The predicted octanol–water partition coefficient (Wildman–Crippen LogP) is 2.60. The first-order valence-corrected chi connectivity index (χ1v) is 5.19. The molecule has 2 rings (SSSR count). The van der Waals surface area contributed by atoms with Gasteiger partial charge in [0.1, 0.15) is 0 Å². The molecule has 0 atom stereocenters. The zero-order valence-corrected chi connectivity index (χ0v) is 9.40. The van der Waals surface area contributed by atoms with Gasteiger partial charge in [0.15, 0.2) is 0 Å². The highest BCUT2D eigenvalue weighted by Gasteiger charge is 2.07. The number of nitrogens with zero attached hydrogens (tertiary/aromatic N) is 2. The minimum Gasteiger partial charge on any atom is -0.378 e. The minimum absolute atomic E-state index is 0.476. The van der Waals surface area contributed by atoms with Crippen molar-refractivity contribution in [2.75, 3.05) is 7.11 Å². The number of rotatable bonds is 3. The molecular formula is C12H16N2O. The first-order chi connectivity index (χ1) is 7.22. The Morgan fingerprint density at radius 2 is 2.20 bits per heavy atom. The molecular weight excluding hydrogens is 188 g/mol. The monoisotopic (exact) mass is 204 g/mol. The van der Waals surface area contributed by atoms with E-state index in [0.29, 0.717) is 12.5 Å². The van der Waals surface area contributed by atoms with Gasteiger partial charge in [0, 0.05) is 12.8 Å². The summed E-state index contributed by atoms with van der Waals surface area (Å²) in [6.07, 6.45) is 0. The zero-order chi connectivity index (χ0) is 10.8. The fraction of sp³-hybridized carbons (Fsp3) is 0.417. The molecule has 0 radical (unpaired) electrons. The summed E-state index contributed by atoms with van der Waals surface area (Å²) in [5.74, 6) is 0.476. The summed E-state index contributed by atoms with van der Waals surface area (Å²) in [6, 6.07) is 8.32. The molecule has 0 bridgehead atoms. The van der Waals surface area contributed by atoms with E-state index in [4.69, 9.17) is 4.74 Å². The van der Waals surface area contributed by atoms with Gasteiger partial charge in [-0.1, -0.05) is 19.9 Å². The molecule has 0 aliphatic carbocycles. The highest BCUT2D eigenvalue weighted by molar-refractivity contribution is 5.48. The molecule has 0 amide bonds. The van der Waals surface area contributed by atoms with Crippen LogP contribution in [0.25, 0.3) is 5.52 Å². The normalized spacial score (nSPS) is 11.5. The van der Waals surface area contributed by atoms with Crippen LogP contribution in [0, 0.1) is 0 Å². The van der Waals surface area contributed by atoms with E-state index in [9.17, 15) is 0 Å². The first kappa shape index (κ1) is 10.2. The topological polar surface area (TPSA) is 26.5 Å². The summed E-state index contributed by atoms with van der Waals surface area (Å²) in [5, 5.41) is 4.52. The van der Waals surface area contributed by atoms with Gasteiger partial charge in [-0.15, -0.1) is 0 Å². The van der Waals surface area contributed by atoms with E-state index in [1.54, 1.807) is 7.11 Å². The van der Waals surface area contributed by atoms with Crippen molar-refractivity contribution in [2.24, 2.45) is 0 Å². The molecule has 2 aromatic rings. The van der Waals surface area contributed by atoms with Gasteiger partial charge in [0.2, 0.25) is 0 Å². The molecule has 0 unspecified atom stereocenters. The van der Waals surface area contributed by atoms with Crippen LogP contribution in [0.4, 0.5) is 0 Å². The van der Waals surface area contributed by atoms with Crippen LogP contribution < -0.4 is 0 Å². The lowest BCUT2D eigenvalue weighted by Crippen LogP contribution is -2.00. The van der Waals surface area contributed by atoms with Crippen LogP contribution in [0.3, 0.4) is 0 Å². The Kier molecular flexibility index (Phi) is 2.73. The van der Waals surface area contributed by atoms with Crippen molar-refractivity contribution < 1.29 is 4.74 Å². The molecule has 0 saturated heterocycles. The van der Waals surface area contributed by atoms with Crippen molar-refractivity contribution in [1.29, 1.82) is 0 Å². The van der Waals surface area contributed by atoms with E-state index in [1.807, 2.05) is 4.52 Å². The maximum Gasteiger partial charge on any atom is 0.0903 e. The summed E-state index contributed by atoms with van der Waals surface area (Å²) >= 11 is 0. The Balaban J connectivity index is 2.54. The van der Waals surface area contributed by atoms with Crippen molar-refractivity contribution in [2.45, 2.75) is 26.4 Å². The molecule has 3 nitrogen and oxygen atoms in total. The maximum atomic E-state index is 5.08. The third kappa shape index (κ3) is 1.88. The molecule has 0 spiro atoms. The van der Waals surface area contributed by atoms with E-state index in [2.05, 4.69) is 43.2 Å². The van der Waals surface area contributed by atoms with Crippen LogP contribution in [-0.4, -0.2) is 16.7 Å². The van der Waals surface area contributed by atoms with Gasteiger partial charge in [-0.05, 0) is 24.1 Å². The Bertz CT molecular complexity index is 460. The fourth-order valence-corrected chi connectivity index (χ4v) is 1.74. The average molecular weight is 204 g/mol. The number of methoxy groups -OCH3 is 1. The van der Waals surface area contributed by atoms with Gasteiger partial charge in [0.25, 0.3) is 0 Å². The second-order valence-corrected chi connectivity index (χ2v) is 4.01. The first-order valence-electron chi connectivity index (χ1n) is 5.19. The summed E-state index contributed by atoms with van der Waals surface area (Å²) in [5.41, 5.74) is 3.34. The van der Waals surface area contributed by atoms with E-state index >= 15 is 0 Å². The van der Waals surface area contributed by atoms with Gasteiger partial charge < -0.3 is 4.74 Å². The molecule has 0 saturated carbocycles. The lowest BCUT2D eigenvalue weighted by molar-refractivity contribution is 0.181. The van der Waals surface area contributed by atoms with Crippen molar-refractivity contribution in [3.8, 4) is 0 Å².